The van der Waals surface area contributed by atoms with Gasteiger partial charge in [0.25, 0.3) is 0 Å². The Morgan fingerprint density at radius 3 is 2.93 bits per heavy atom. The van der Waals surface area contributed by atoms with E-state index in [1.165, 1.54) is 12.4 Å². The standard InChI is InChI=1S/C17H22N8O2/c1-26-17-16(13(3-5-20-17)27-6-2-4-18)12-7-14(25-24-12)23-15-10-21-11(8-19)9-22-15/h3,5,9-10,12,14,24-25H,2,4,6-7,18H2,1H3,(H,22,23). The molecule has 0 radical (unpaired) electrons. The van der Waals surface area contributed by atoms with Gasteiger partial charge < -0.3 is 20.5 Å². The van der Waals surface area contributed by atoms with E-state index in [4.69, 9.17) is 20.5 Å². The zero-order valence-electron chi connectivity index (χ0n) is 15.0. The van der Waals surface area contributed by atoms with Crippen molar-refractivity contribution in [2.75, 3.05) is 25.6 Å². The Morgan fingerprint density at radius 2 is 2.22 bits per heavy atom. The summed E-state index contributed by atoms with van der Waals surface area (Å²) in [7, 11) is 1.58. The quantitative estimate of drug-likeness (QED) is 0.484. The number of nitriles is 1. The van der Waals surface area contributed by atoms with Crippen LogP contribution < -0.4 is 31.4 Å². The van der Waals surface area contributed by atoms with Crippen molar-refractivity contribution in [1.82, 2.24) is 25.8 Å². The maximum Gasteiger partial charge on any atom is 0.221 e. The molecule has 2 aromatic rings. The molecule has 2 aromatic heterocycles. The Bertz CT molecular complexity index is 793. The molecule has 142 valence electrons. The number of nitrogens with two attached hydrogens (primary N) is 1. The summed E-state index contributed by atoms with van der Waals surface area (Å²) in [6.07, 6.45) is 5.97. The monoisotopic (exact) mass is 370 g/mol. The molecule has 0 saturated carbocycles. The maximum absolute atomic E-state index is 8.79. The lowest BCUT2D eigenvalue weighted by molar-refractivity contribution is 0.300. The van der Waals surface area contributed by atoms with Gasteiger partial charge in [0.15, 0.2) is 5.69 Å². The number of aromatic nitrogens is 3. The molecule has 0 spiro atoms. The van der Waals surface area contributed by atoms with Crippen LogP contribution in [-0.4, -0.2) is 41.4 Å². The fraction of sp³-hybridized carbons (Fsp3) is 0.412. The van der Waals surface area contributed by atoms with Crippen LogP contribution in [0.4, 0.5) is 5.82 Å². The first-order chi connectivity index (χ1) is 13.2. The van der Waals surface area contributed by atoms with E-state index >= 15 is 0 Å². The van der Waals surface area contributed by atoms with Crippen molar-refractivity contribution in [2.24, 2.45) is 5.73 Å². The number of methoxy groups -OCH3 is 1. The third kappa shape index (κ3) is 4.59. The largest absolute Gasteiger partial charge is 0.493 e. The zero-order valence-corrected chi connectivity index (χ0v) is 15.0. The molecule has 1 fully saturated rings. The van der Waals surface area contributed by atoms with Crippen molar-refractivity contribution >= 4 is 5.82 Å². The molecule has 10 heteroatoms. The van der Waals surface area contributed by atoms with E-state index in [1.54, 1.807) is 13.3 Å². The summed E-state index contributed by atoms with van der Waals surface area (Å²) in [5.41, 5.74) is 13.1. The SMILES string of the molecule is COc1nccc(OCCCN)c1C1CC(Nc2cnc(C#N)cn2)NN1. The van der Waals surface area contributed by atoms with Crippen molar-refractivity contribution in [2.45, 2.75) is 25.0 Å². The summed E-state index contributed by atoms with van der Waals surface area (Å²) >= 11 is 0. The molecule has 5 N–H and O–H groups in total. The van der Waals surface area contributed by atoms with Gasteiger partial charge in [-0.1, -0.05) is 0 Å². The van der Waals surface area contributed by atoms with Crippen LogP contribution in [0.25, 0.3) is 0 Å². The molecular weight excluding hydrogens is 348 g/mol. The highest BCUT2D eigenvalue weighted by molar-refractivity contribution is 5.43. The normalized spacial score (nSPS) is 18.7. The topological polar surface area (TPSA) is 143 Å². The van der Waals surface area contributed by atoms with Gasteiger partial charge in [0.05, 0.1) is 43.9 Å². The first-order valence-electron chi connectivity index (χ1n) is 8.60. The predicted molar refractivity (Wildman–Crippen MR) is 97.7 cm³/mol. The second-order valence-corrected chi connectivity index (χ2v) is 5.90. The molecular formula is C17H22N8O2. The second-order valence-electron chi connectivity index (χ2n) is 5.90. The number of nitrogens with zero attached hydrogens (tertiary/aromatic N) is 4. The van der Waals surface area contributed by atoms with Gasteiger partial charge in [-0.25, -0.2) is 25.8 Å². The number of nitrogens with one attached hydrogen (secondary N) is 3. The Balaban J connectivity index is 1.70. The van der Waals surface area contributed by atoms with E-state index in [-0.39, 0.29) is 17.9 Å². The average Bonchev–Trinajstić information content (AvgIpc) is 3.16. The summed E-state index contributed by atoms with van der Waals surface area (Å²) in [5, 5.41) is 12.0. The molecule has 10 nitrogen and oxygen atoms in total. The maximum atomic E-state index is 8.79. The highest BCUT2D eigenvalue weighted by Gasteiger charge is 2.30. The van der Waals surface area contributed by atoms with E-state index in [1.807, 2.05) is 12.1 Å². The van der Waals surface area contributed by atoms with Crippen LogP contribution in [0.2, 0.25) is 0 Å². The van der Waals surface area contributed by atoms with Gasteiger partial charge in [-0.15, -0.1) is 0 Å². The van der Waals surface area contributed by atoms with E-state index in [2.05, 4.69) is 31.1 Å². The van der Waals surface area contributed by atoms with Crippen LogP contribution in [-0.2, 0) is 0 Å². The molecule has 2 atom stereocenters. The Hall–Kier alpha value is -3.00. The second kappa shape index (κ2) is 9.09. The van der Waals surface area contributed by atoms with Crippen LogP contribution in [0.3, 0.4) is 0 Å². The van der Waals surface area contributed by atoms with Crippen molar-refractivity contribution in [3.8, 4) is 17.7 Å². The van der Waals surface area contributed by atoms with Gasteiger partial charge in [-0.2, -0.15) is 5.26 Å². The summed E-state index contributed by atoms with van der Waals surface area (Å²) < 4.78 is 11.3. The first-order valence-corrected chi connectivity index (χ1v) is 8.60. The molecule has 3 heterocycles. The summed E-state index contributed by atoms with van der Waals surface area (Å²) in [4.78, 5) is 12.5. The van der Waals surface area contributed by atoms with E-state index in [0.717, 1.165) is 12.0 Å². The Morgan fingerprint density at radius 1 is 1.33 bits per heavy atom. The van der Waals surface area contributed by atoms with Crippen LogP contribution >= 0.6 is 0 Å². The fourth-order valence-corrected chi connectivity index (χ4v) is 2.79. The van der Waals surface area contributed by atoms with Crippen molar-refractivity contribution < 1.29 is 9.47 Å². The molecule has 2 unspecified atom stereocenters. The third-order valence-electron chi connectivity index (χ3n) is 4.05. The van der Waals surface area contributed by atoms with E-state index in [0.29, 0.717) is 37.0 Å². The lowest BCUT2D eigenvalue weighted by atomic mass is 10.0. The number of ether oxygens (including phenoxy) is 2. The lowest BCUT2D eigenvalue weighted by Crippen LogP contribution is -2.36. The molecule has 1 aliphatic heterocycles. The van der Waals surface area contributed by atoms with Crippen LogP contribution in [0.1, 0.15) is 30.1 Å². The molecule has 0 amide bonds. The molecule has 1 aliphatic rings. The lowest BCUT2D eigenvalue weighted by Gasteiger charge is -2.18. The number of pyridine rings is 1. The number of hydrogen-bond acceptors (Lipinski definition) is 10. The van der Waals surface area contributed by atoms with Gasteiger partial charge in [0, 0.05) is 12.6 Å². The summed E-state index contributed by atoms with van der Waals surface area (Å²) in [6, 6.07) is 3.69. The predicted octanol–water partition coefficient (Wildman–Crippen LogP) is 0.457. The van der Waals surface area contributed by atoms with E-state index in [9.17, 15) is 0 Å². The first kappa shape index (κ1) is 18.8. The van der Waals surface area contributed by atoms with Gasteiger partial charge in [-0.05, 0) is 19.0 Å². The number of hydrazine groups is 1. The Labute approximate surface area is 157 Å². The minimum Gasteiger partial charge on any atom is -0.493 e. The molecule has 27 heavy (non-hydrogen) atoms. The highest BCUT2D eigenvalue weighted by Crippen LogP contribution is 2.36. The number of hydrogen-bond donors (Lipinski definition) is 4. The average molecular weight is 370 g/mol. The molecule has 0 aliphatic carbocycles. The van der Waals surface area contributed by atoms with Gasteiger partial charge in [-0.3, -0.25) is 0 Å². The van der Waals surface area contributed by atoms with E-state index < -0.39 is 0 Å². The molecule has 0 aromatic carbocycles. The minimum absolute atomic E-state index is 0.0784. The van der Waals surface area contributed by atoms with Crippen molar-refractivity contribution in [3.05, 3.63) is 35.9 Å². The van der Waals surface area contributed by atoms with Crippen molar-refractivity contribution in [3.63, 3.8) is 0 Å². The smallest absolute Gasteiger partial charge is 0.221 e. The molecule has 0 bridgehead atoms. The van der Waals surface area contributed by atoms with Crippen LogP contribution in [0.15, 0.2) is 24.7 Å². The summed E-state index contributed by atoms with van der Waals surface area (Å²) in [5.74, 6) is 1.80. The number of anilines is 1. The summed E-state index contributed by atoms with van der Waals surface area (Å²) in [6.45, 7) is 1.09. The molecule has 3 rings (SSSR count). The fourth-order valence-electron chi connectivity index (χ4n) is 2.79. The highest BCUT2D eigenvalue weighted by atomic mass is 16.5. The van der Waals surface area contributed by atoms with Gasteiger partial charge in [0.2, 0.25) is 5.88 Å². The number of rotatable bonds is 8. The third-order valence-corrected chi connectivity index (χ3v) is 4.05. The minimum atomic E-state index is -0.0981. The van der Waals surface area contributed by atoms with Crippen LogP contribution in [0, 0.1) is 11.3 Å². The molecule has 1 saturated heterocycles. The van der Waals surface area contributed by atoms with Gasteiger partial charge in [0.1, 0.15) is 17.6 Å². The Kier molecular flexibility index (Phi) is 6.32. The van der Waals surface area contributed by atoms with Crippen LogP contribution in [0.5, 0.6) is 11.6 Å². The zero-order chi connectivity index (χ0) is 19.1. The van der Waals surface area contributed by atoms with Crippen molar-refractivity contribution in [1.29, 1.82) is 5.26 Å². The van der Waals surface area contributed by atoms with Gasteiger partial charge >= 0.3 is 0 Å².